The molecule has 2 heterocycles. The molecule has 1 aliphatic rings. The number of rotatable bonds is 6. The first-order valence-electron chi connectivity index (χ1n) is 36.3. The van der Waals surface area contributed by atoms with Gasteiger partial charge in [-0.2, -0.15) is 21.0 Å². The van der Waals surface area contributed by atoms with Crippen LogP contribution in [0, 0.1) is 65.6 Å². The predicted octanol–water partition coefficient (Wildman–Crippen LogP) is 24.4. The molecule has 17 aromatic carbocycles. The minimum atomic E-state index is -1.40. The summed E-state index contributed by atoms with van der Waals surface area (Å²) in [7, 11) is -1.40. The number of halogens is 3. The zero-order valence-corrected chi connectivity index (χ0v) is 64.0. The fourth-order valence-electron chi connectivity index (χ4n) is 15.1. The van der Waals surface area contributed by atoms with Gasteiger partial charge >= 0.3 is 7.12 Å². The lowest BCUT2D eigenvalue weighted by Crippen LogP contribution is -2.30. The van der Waals surface area contributed by atoms with E-state index in [1.165, 1.54) is 57.3 Å². The van der Waals surface area contributed by atoms with Crippen molar-refractivity contribution in [2.24, 2.45) is 0 Å². The van der Waals surface area contributed by atoms with Gasteiger partial charge in [-0.15, -0.1) is 0 Å². The summed E-state index contributed by atoms with van der Waals surface area (Å²) < 4.78 is 4.79. The van der Waals surface area contributed by atoms with E-state index in [0.29, 0.717) is 38.0 Å². The molecule has 0 unspecified atom stereocenters. The minimum absolute atomic E-state index is 0.0995. The van der Waals surface area contributed by atoms with Crippen molar-refractivity contribution < 1.29 is 19.9 Å². The zero-order chi connectivity index (χ0) is 79.8. The summed E-state index contributed by atoms with van der Waals surface area (Å²) in [4.78, 5) is 20.6. The van der Waals surface area contributed by atoms with E-state index in [-0.39, 0.29) is 37.5 Å². The quantitative estimate of drug-likeness (QED) is 0.0908. The lowest BCUT2D eigenvalue weighted by Gasteiger charge is -2.15. The number of nitriles is 4. The maximum absolute atomic E-state index is 11.1. The molecule has 1 aliphatic carbocycles. The third kappa shape index (κ3) is 15.1. The number of hydrogen-bond acceptors (Lipinski definition) is 10. The largest absolute Gasteiger partial charge is 0.489 e. The molecule has 115 heavy (non-hydrogen) atoms. The molecule has 0 radical (unpaired) electrons. The fraction of sp³-hybridized carbons (Fsp3) is 0.0103. The number of benzene rings is 17. The number of nitrogens with zero attached hydrogens (tertiary/aromatic N) is 8. The van der Waals surface area contributed by atoms with Crippen molar-refractivity contribution in [3.63, 3.8) is 0 Å². The summed E-state index contributed by atoms with van der Waals surface area (Å²) in [5.41, 5.74) is 15.1. The second kappa shape index (κ2) is 33.6. The van der Waals surface area contributed by atoms with Gasteiger partial charge < -0.3 is 19.2 Å². The average molecular weight is 1600 g/mol. The topological polar surface area (TPSA) is 232 Å². The number of nitro groups is 2. The van der Waals surface area contributed by atoms with Crippen LogP contribution in [-0.2, 0) is 6.42 Å². The first kappa shape index (κ1) is 75.8. The summed E-state index contributed by atoms with van der Waals surface area (Å²) in [6.45, 7) is 0. The van der Waals surface area contributed by atoms with E-state index < -0.39 is 12.0 Å². The Morgan fingerprint density at radius 3 is 1.22 bits per heavy atom. The number of para-hydroxylation sites is 4. The molecule has 19 aromatic rings. The van der Waals surface area contributed by atoms with Crippen molar-refractivity contribution in [3.8, 4) is 57.9 Å². The highest BCUT2D eigenvalue weighted by atomic mass is 79.9. The summed E-state index contributed by atoms with van der Waals surface area (Å²) in [5.74, 6) is 0. The molecule has 0 saturated heterocycles. The molecule has 2 aromatic heterocycles. The van der Waals surface area contributed by atoms with Crippen LogP contribution in [0.1, 0.15) is 33.4 Å². The van der Waals surface area contributed by atoms with Gasteiger partial charge in [0.15, 0.2) is 0 Å². The first-order chi connectivity index (χ1) is 56.2. The van der Waals surface area contributed by atoms with Crippen molar-refractivity contribution in [2.45, 2.75) is 6.42 Å². The van der Waals surface area contributed by atoms with Crippen LogP contribution in [0.4, 0.5) is 11.4 Å². The highest BCUT2D eigenvalue weighted by molar-refractivity contribution is 9.10. The van der Waals surface area contributed by atoms with Gasteiger partial charge in [0.05, 0.1) is 85.6 Å². The van der Waals surface area contributed by atoms with Crippen LogP contribution in [0.2, 0.25) is 10.0 Å². The van der Waals surface area contributed by atoms with Crippen LogP contribution >= 0.6 is 39.1 Å². The van der Waals surface area contributed by atoms with Gasteiger partial charge in [-0.25, -0.2) is 0 Å². The highest BCUT2D eigenvalue weighted by Gasteiger charge is 2.25. The Kier molecular flexibility index (Phi) is 22.1. The van der Waals surface area contributed by atoms with Crippen LogP contribution in [-0.4, -0.2) is 36.1 Å². The van der Waals surface area contributed by atoms with E-state index in [0.717, 1.165) is 98.7 Å². The van der Waals surface area contributed by atoms with Crippen molar-refractivity contribution in [3.05, 3.63) is 408 Å². The van der Waals surface area contributed by atoms with Crippen molar-refractivity contribution in [2.75, 3.05) is 0 Å². The fourth-order valence-corrected chi connectivity index (χ4v) is 16.0. The molecule has 14 nitrogen and oxygen atoms in total. The Balaban J connectivity index is 0.000000121. The standard InChI is InChI=1S/C40H22N4.C17H12.C16H11NO2.C10H9BO2.C8H2Cl2N2.C6H4BrNO2/c41-23-27-22-38(44-34-16-8-6-14-32(34)40-30-12-4-2-10-26(30)18-20-36(40)44)28(24-42)21-37(27)43-33-15-7-5-13-31(33)39-29-11-3-1-9-25(29)17-19-35(39)43;1-3-7-15-12(5-1)9-10-14-11-13-6-2-4-8-16(13)17(14)15;18-17(19)16-11-4-3-9-15(16)14-10-5-7-12-6-1-2-8-13(12)14;12-11(13)10-7-3-5-8-4-1-2-6-9(8)10;9-7-1-5(3-11)8(10)2-6(7)4-12;7-5-3-1-2-4-6(5)8(9)10/h1-22H;1-10H,11H2;1-11H;1-7,12-13H;1-2H;1-4H. The van der Waals surface area contributed by atoms with Crippen LogP contribution in [0.5, 0.6) is 0 Å². The summed E-state index contributed by atoms with van der Waals surface area (Å²) in [6.07, 6.45) is 1.08. The third-order valence-electron chi connectivity index (χ3n) is 20.3. The second-order valence-electron chi connectivity index (χ2n) is 26.8. The van der Waals surface area contributed by atoms with E-state index in [9.17, 15) is 30.8 Å². The maximum atomic E-state index is 11.1. The molecule has 20 rings (SSSR count). The van der Waals surface area contributed by atoms with Crippen molar-refractivity contribution in [1.29, 1.82) is 21.0 Å². The lowest BCUT2D eigenvalue weighted by molar-refractivity contribution is -0.385. The van der Waals surface area contributed by atoms with E-state index in [1.807, 2.05) is 121 Å². The van der Waals surface area contributed by atoms with Crippen molar-refractivity contribution in [1.82, 2.24) is 9.13 Å². The molecule has 548 valence electrons. The molecule has 2 N–H and O–H groups in total. The van der Waals surface area contributed by atoms with E-state index in [2.05, 4.69) is 207 Å². The van der Waals surface area contributed by atoms with E-state index in [4.69, 9.17) is 43.8 Å². The Morgan fingerprint density at radius 1 is 0.348 bits per heavy atom. The van der Waals surface area contributed by atoms with E-state index >= 15 is 0 Å². The summed E-state index contributed by atoms with van der Waals surface area (Å²) >= 11 is 14.4. The maximum Gasteiger partial charge on any atom is 0.489 e. The van der Waals surface area contributed by atoms with Gasteiger partial charge in [-0.1, -0.05) is 290 Å². The molecule has 0 spiro atoms. The molecule has 18 heteroatoms. The van der Waals surface area contributed by atoms with Gasteiger partial charge in [-0.05, 0) is 170 Å². The second-order valence-corrected chi connectivity index (χ2v) is 28.5. The number of nitro benzene ring substituents is 2. The molecule has 0 saturated carbocycles. The Hall–Kier alpha value is -14.6. The van der Waals surface area contributed by atoms with Gasteiger partial charge in [0.2, 0.25) is 0 Å². The first-order valence-corrected chi connectivity index (χ1v) is 37.8. The van der Waals surface area contributed by atoms with Gasteiger partial charge in [0.1, 0.15) is 24.3 Å². The molecular weight excluding hydrogens is 1530 g/mol. The number of aromatic nitrogens is 2. The van der Waals surface area contributed by atoms with Crippen LogP contribution in [0.15, 0.2) is 344 Å². The summed E-state index contributed by atoms with van der Waals surface area (Å²) in [6, 6.07) is 119. The predicted molar refractivity (Wildman–Crippen MR) is 468 cm³/mol. The van der Waals surface area contributed by atoms with Crippen LogP contribution < -0.4 is 5.46 Å². The molecule has 0 aliphatic heterocycles. The summed E-state index contributed by atoms with van der Waals surface area (Å²) in [5, 5.41) is 94.2. The molecule has 0 fully saturated rings. The number of fused-ring (bicyclic) bond motifs is 17. The van der Waals surface area contributed by atoms with Gasteiger partial charge in [-0.3, -0.25) is 20.2 Å². The molecule has 0 bridgehead atoms. The molecular formula is C97H60BBrCl2N8O6. The minimum Gasteiger partial charge on any atom is -0.423 e. The monoisotopic (exact) mass is 1590 g/mol. The lowest BCUT2D eigenvalue weighted by atomic mass is 9.77. The van der Waals surface area contributed by atoms with E-state index in [1.54, 1.807) is 36.4 Å². The van der Waals surface area contributed by atoms with Crippen LogP contribution in [0.25, 0.3) is 131 Å². The third-order valence-corrected chi connectivity index (χ3v) is 21.6. The Labute approximate surface area is 678 Å². The Morgan fingerprint density at radius 2 is 0.722 bits per heavy atom. The van der Waals surface area contributed by atoms with Gasteiger partial charge in [0, 0.05) is 33.7 Å². The molecule has 0 atom stereocenters. The zero-order valence-electron chi connectivity index (χ0n) is 60.9. The average Bonchev–Trinajstić information content (AvgIpc) is 1.57. The molecule has 0 amide bonds. The highest BCUT2D eigenvalue weighted by Crippen LogP contribution is 2.44. The Bertz CT molecular complexity index is 7040. The normalized spacial score (nSPS) is 10.9. The van der Waals surface area contributed by atoms with Gasteiger partial charge in [0.25, 0.3) is 11.4 Å². The SMILES string of the molecule is N#Cc1cc(-n2c3ccccc3c3c4ccccc4ccc32)c(C#N)cc1-n1c2ccccc2c2c3ccccc3ccc21.N#Cc1cc(Cl)c(C#N)cc1Cl.O=[N+]([O-])c1ccccc1-c1cccc2ccccc12.O=[N+]([O-])c1ccccc1Br.OB(O)c1cccc2ccccc12.c1ccc2c(c1)Cc1ccc3ccccc3c1-2. The smallest absolute Gasteiger partial charge is 0.423 e. The van der Waals surface area contributed by atoms with Crippen molar-refractivity contribution >= 4 is 161 Å². The van der Waals surface area contributed by atoms with Crippen LogP contribution in [0.3, 0.4) is 0 Å². The number of hydrogen-bond donors (Lipinski definition) is 2.